The molecule has 0 atom stereocenters. The molecule has 0 aliphatic carbocycles. The van der Waals surface area contributed by atoms with E-state index in [1.165, 1.54) is 35.5 Å². The number of aliphatic hydroxyl groups is 1. The van der Waals surface area contributed by atoms with E-state index < -0.39 is 80.6 Å². The summed E-state index contributed by atoms with van der Waals surface area (Å²) in [7, 11) is 7.16. The van der Waals surface area contributed by atoms with Gasteiger partial charge in [-0.15, -0.1) is 0 Å². The third-order valence-electron chi connectivity index (χ3n) is 13.7. The van der Waals surface area contributed by atoms with Crippen LogP contribution in [0, 0.1) is 0 Å². The van der Waals surface area contributed by atoms with E-state index in [1.807, 2.05) is 92.0 Å². The molecule has 4 aromatic heterocycles. The fourth-order valence-electron chi connectivity index (χ4n) is 8.82. The van der Waals surface area contributed by atoms with E-state index >= 15 is 0 Å². The van der Waals surface area contributed by atoms with Gasteiger partial charge in [0.25, 0.3) is 6.43 Å². The molecule has 4 N–H and O–H groups in total. The first-order chi connectivity index (χ1) is 44.2. The number of nitrogens with zero attached hydrogens (tertiary/aromatic N) is 9. The smallest absolute Gasteiger partial charge is 0.870 e. The Labute approximate surface area is 630 Å². The van der Waals surface area contributed by atoms with Gasteiger partial charge in [-0.25, -0.2) is 35.1 Å². The van der Waals surface area contributed by atoms with Gasteiger partial charge in [0.15, 0.2) is 11.6 Å². The Morgan fingerprint density at radius 1 is 0.574 bits per heavy atom. The number of aromatic nitrogens is 8. The molecule has 0 spiro atoms. The molecule has 0 saturated carbocycles. The minimum Gasteiger partial charge on any atom is -0.870 e. The van der Waals surface area contributed by atoms with Crippen LogP contribution in [0.15, 0.2) is 86.2 Å². The van der Waals surface area contributed by atoms with Crippen molar-refractivity contribution in [3.05, 3.63) is 97.6 Å². The summed E-state index contributed by atoms with van der Waals surface area (Å²) in [6.07, 6.45) is -19.8. The SMILES string of the molecule is C.C.C.C.CC.CCC(F)F.CCNC(C)C.CO.Cn1nc(CCC(F)F)c2cccc(B3OC(C)(C)C(C)(C)O3)c21.Cn1nc(CCC(F)F)c2cccc(Br)c21.Cn1nc(N(CC(F)F)C(=O)C(F)(F)F)c2cccc(Br)c21.Cn1nc(NC(=O)C(F)(F)F)c2cccc(Br)c21.[Na+].[OH-]. The van der Waals surface area contributed by atoms with Crippen molar-refractivity contribution in [3.63, 3.8) is 0 Å². The molecule has 9 rings (SSSR count). The number of para-hydroxylation sites is 4. The maximum absolute atomic E-state index is 12.6. The average Bonchev–Trinajstić information content (AvgIpc) is 1.61. The quantitative estimate of drug-likeness (QED) is 0.0691. The number of aliphatic hydroxyl groups excluding tert-OH is 1. The van der Waals surface area contributed by atoms with E-state index in [0.29, 0.717) is 43.5 Å². The summed E-state index contributed by atoms with van der Waals surface area (Å²) in [6.45, 7) is 19.6. The maximum Gasteiger partial charge on any atom is 1.00 e. The fraction of sp³-hybridized carbons (Fsp3) is 0.538. The van der Waals surface area contributed by atoms with Crippen molar-refractivity contribution in [2.45, 2.75) is 186 Å². The molecule has 570 valence electrons. The number of hydrogen-bond acceptors (Lipinski definition) is 11. The number of halogens is 17. The molecule has 1 fully saturated rings. The summed E-state index contributed by atoms with van der Waals surface area (Å²) >= 11 is 9.91. The van der Waals surface area contributed by atoms with E-state index in [0.717, 1.165) is 51.1 Å². The molecule has 17 nitrogen and oxygen atoms in total. The van der Waals surface area contributed by atoms with Crippen molar-refractivity contribution >= 4 is 127 Å². The molecule has 1 aliphatic heterocycles. The van der Waals surface area contributed by atoms with Gasteiger partial charge in [0.1, 0.15) is 0 Å². The number of rotatable bonds is 14. The average molecular weight is 1670 g/mol. The molecular formula is C65H96BBr3F14N11NaO6. The van der Waals surface area contributed by atoms with Crippen LogP contribution in [-0.2, 0) is 59.9 Å². The number of amides is 2. The van der Waals surface area contributed by atoms with Crippen molar-refractivity contribution in [3.8, 4) is 0 Å². The molecule has 1 aliphatic rings. The summed E-state index contributed by atoms with van der Waals surface area (Å²) in [4.78, 5) is 22.3. The second-order valence-corrected chi connectivity index (χ2v) is 24.0. The first kappa shape index (κ1) is 105. The molecule has 36 heteroatoms. The van der Waals surface area contributed by atoms with Crippen molar-refractivity contribution in [1.82, 2.24) is 44.4 Å². The normalized spacial score (nSPS) is 12.4. The molecule has 4 aromatic carbocycles. The van der Waals surface area contributed by atoms with E-state index in [2.05, 4.69) is 94.3 Å². The first-order valence-corrected chi connectivity index (χ1v) is 31.8. The Morgan fingerprint density at radius 3 is 1.30 bits per heavy atom. The van der Waals surface area contributed by atoms with E-state index in [-0.39, 0.29) is 107 Å². The summed E-state index contributed by atoms with van der Waals surface area (Å²) in [5.41, 5.74) is 4.26. The van der Waals surface area contributed by atoms with Crippen LogP contribution >= 0.6 is 47.8 Å². The largest absolute Gasteiger partial charge is 1.00 e. The van der Waals surface area contributed by atoms with E-state index in [4.69, 9.17) is 14.4 Å². The van der Waals surface area contributed by atoms with Gasteiger partial charge in [0, 0.05) is 101 Å². The number of fused-ring (bicyclic) bond motifs is 4. The first-order valence-electron chi connectivity index (χ1n) is 29.4. The monoisotopic (exact) mass is 1660 g/mol. The zero-order chi connectivity index (χ0) is 72.8. The molecular weight excluding hydrogens is 1570 g/mol. The Hall–Kier alpha value is -4.98. The molecule has 5 heterocycles. The van der Waals surface area contributed by atoms with E-state index in [1.54, 1.807) is 46.0 Å². The topological polar surface area (TPSA) is 201 Å². The standard InChI is InChI=1S/C17H23BF2N2O2.C12H9BrF5N3O.C11H11BrF2N2.C10H7BrF3N3O.C5H13N.C3H6F2.C2H6.CH4O.4CH4.Na.H2O/c1-16(2)17(3,4)24-18(23-16)12-8-6-7-11-13(9-10-14(19)20)21-22(5)15(11)12;1-20-9-6(3-2-4-7(9)13)10(19-20)21(5-8(14)15)11(22)12(16,17)18;1-16-11-7(3-2-4-8(11)12)9(15-16)5-6-10(13)14;1-17-7-5(3-2-4-6(7)11)8(16-17)15-9(18)10(12,13)14;1-4-6-5(2)3;1-2-3(4)5;2*1-2;;;;;;/h6-8,14H,9-10H2,1-5H3;2-4,8H,5H2,1H3;2-4,10H,5-6H2,1H3;2-4H,1H3,(H,15,16,18);5-6H,4H2,1-3H3;3H,2H2,1H3;1-2H3;2H,1H3;4*1H4;;1H2/q;;;;;;;;;;;;+1;/p-1. The molecule has 0 unspecified atom stereocenters. The van der Waals surface area contributed by atoms with Crippen LogP contribution in [0.25, 0.3) is 43.6 Å². The van der Waals surface area contributed by atoms with Gasteiger partial charge in [0.05, 0.1) is 51.2 Å². The zero-order valence-electron chi connectivity index (χ0n) is 56.3. The van der Waals surface area contributed by atoms with Gasteiger partial charge < -0.3 is 30.5 Å². The van der Waals surface area contributed by atoms with Crippen LogP contribution in [0.4, 0.5) is 73.1 Å². The minimum atomic E-state index is -5.27. The predicted molar refractivity (Wildman–Crippen MR) is 383 cm³/mol. The van der Waals surface area contributed by atoms with Gasteiger partial charge in [0.2, 0.25) is 19.3 Å². The zero-order valence-corrected chi connectivity index (χ0v) is 63.1. The van der Waals surface area contributed by atoms with Crippen LogP contribution in [0.1, 0.15) is 130 Å². The van der Waals surface area contributed by atoms with Crippen molar-refractivity contribution in [1.29, 1.82) is 0 Å². The summed E-state index contributed by atoms with van der Waals surface area (Å²) < 4.78 is 191. The molecule has 101 heavy (non-hydrogen) atoms. The van der Waals surface area contributed by atoms with Gasteiger partial charge in [-0.05, 0) is 125 Å². The minimum absolute atomic E-state index is 0. The number of aryl methyl sites for hydroxylation is 6. The van der Waals surface area contributed by atoms with Crippen molar-refractivity contribution < 1.29 is 121 Å². The molecule has 1 saturated heterocycles. The Morgan fingerprint density at radius 2 is 0.931 bits per heavy atom. The second-order valence-electron chi connectivity index (χ2n) is 21.4. The Balaban J connectivity index is -0.000000375. The molecule has 0 radical (unpaired) electrons. The number of anilines is 2. The number of alkyl halides is 14. The summed E-state index contributed by atoms with van der Waals surface area (Å²) in [5.74, 6) is -4.99. The third-order valence-corrected chi connectivity index (χ3v) is 15.6. The van der Waals surface area contributed by atoms with E-state index in [9.17, 15) is 71.1 Å². The van der Waals surface area contributed by atoms with Crippen LogP contribution in [0.3, 0.4) is 0 Å². The third kappa shape index (κ3) is 30.2. The molecule has 2 amide bonds. The number of benzene rings is 4. The van der Waals surface area contributed by atoms with Crippen molar-refractivity contribution in [2.24, 2.45) is 28.2 Å². The van der Waals surface area contributed by atoms with Gasteiger partial charge in [-0.1, -0.05) is 114 Å². The van der Waals surface area contributed by atoms with Gasteiger partial charge >= 0.3 is 60.8 Å². The van der Waals surface area contributed by atoms with Crippen molar-refractivity contribution in [2.75, 3.05) is 30.4 Å². The number of carbonyl (C=O) groups excluding carboxylic acids is 2. The maximum atomic E-state index is 12.6. The molecule has 8 aromatic rings. The van der Waals surface area contributed by atoms with Gasteiger partial charge in [-0.3, -0.25) is 33.2 Å². The Bertz CT molecular complexity index is 3690. The fourth-order valence-corrected chi connectivity index (χ4v) is 10.7. The molecule has 0 bridgehead atoms. The van der Waals surface area contributed by atoms with Gasteiger partial charge in [-0.2, -0.15) is 46.7 Å². The predicted octanol–water partition coefficient (Wildman–Crippen LogP) is 15.6. The number of carbonyl (C=O) groups is 2. The van der Waals surface area contributed by atoms with Crippen LogP contribution < -0.4 is 50.6 Å². The second kappa shape index (κ2) is 47.5. The Kier molecular flexibility index (Phi) is 49.2. The van der Waals surface area contributed by atoms with Crippen LogP contribution in [0.5, 0.6) is 0 Å². The van der Waals surface area contributed by atoms with Crippen LogP contribution in [0.2, 0.25) is 0 Å². The number of hydrogen-bond donors (Lipinski definition) is 3. The summed E-state index contributed by atoms with van der Waals surface area (Å²) in [6, 6.07) is 21.6. The van der Waals surface area contributed by atoms with Crippen LogP contribution in [-0.4, -0.2) is 144 Å². The number of nitrogens with one attached hydrogen (secondary N) is 2. The summed E-state index contributed by atoms with van der Waals surface area (Å²) in [5, 5.41) is 30.8.